The highest BCUT2D eigenvalue weighted by atomic mass is 32.1. The van der Waals surface area contributed by atoms with E-state index in [9.17, 15) is 0 Å². The summed E-state index contributed by atoms with van der Waals surface area (Å²) >= 11 is 5.49. The number of hydrogen-bond donors (Lipinski definition) is 3. The Morgan fingerprint density at radius 2 is 1.86 bits per heavy atom. The number of aromatic amines is 1. The van der Waals surface area contributed by atoms with Crippen molar-refractivity contribution in [3.05, 3.63) is 60.3 Å². The number of H-pyrrole nitrogens is 1. The van der Waals surface area contributed by atoms with Gasteiger partial charge in [-0.2, -0.15) is 0 Å². The smallest absolute Gasteiger partial charge is 0.175 e. The molecule has 2 aliphatic heterocycles. The third kappa shape index (κ3) is 3.52. The van der Waals surface area contributed by atoms with Crippen LogP contribution in [-0.2, 0) is 0 Å². The van der Waals surface area contributed by atoms with Gasteiger partial charge in [0.15, 0.2) is 5.11 Å². The zero-order chi connectivity index (χ0) is 18.9. The third-order valence-corrected chi connectivity index (χ3v) is 6.47. The SMILES string of the molecule is S=C(Nc1ccccc1)Nc1ccc2[nH]cc(C3CCN4CCCC4C3)c2c1. The summed E-state index contributed by atoms with van der Waals surface area (Å²) < 4.78 is 0. The molecule has 3 heterocycles. The second-order valence-electron chi connectivity index (χ2n) is 8.00. The Morgan fingerprint density at radius 3 is 2.75 bits per heavy atom. The van der Waals surface area contributed by atoms with Crippen LogP contribution in [0.4, 0.5) is 11.4 Å². The molecule has 2 unspecified atom stereocenters. The molecule has 3 aromatic rings. The van der Waals surface area contributed by atoms with Crippen LogP contribution in [0.25, 0.3) is 10.9 Å². The predicted octanol–water partition coefficient (Wildman–Crippen LogP) is 5.32. The number of nitrogens with one attached hydrogen (secondary N) is 3. The van der Waals surface area contributed by atoms with E-state index in [1.807, 2.05) is 30.3 Å². The molecule has 28 heavy (non-hydrogen) atoms. The number of benzene rings is 2. The zero-order valence-corrected chi connectivity index (χ0v) is 16.8. The van der Waals surface area contributed by atoms with Gasteiger partial charge in [-0.3, -0.25) is 0 Å². The first-order valence-corrected chi connectivity index (χ1v) is 10.7. The van der Waals surface area contributed by atoms with Crippen molar-refractivity contribution < 1.29 is 0 Å². The fourth-order valence-electron chi connectivity index (χ4n) is 4.88. The number of para-hydroxylation sites is 1. The van der Waals surface area contributed by atoms with E-state index >= 15 is 0 Å². The van der Waals surface area contributed by atoms with E-state index in [1.165, 1.54) is 55.2 Å². The largest absolute Gasteiger partial charge is 0.361 e. The molecule has 0 aliphatic carbocycles. The minimum atomic E-state index is 0.613. The van der Waals surface area contributed by atoms with Crippen molar-refractivity contribution in [3.63, 3.8) is 0 Å². The van der Waals surface area contributed by atoms with Crippen molar-refractivity contribution in [2.24, 2.45) is 0 Å². The maximum atomic E-state index is 5.49. The minimum absolute atomic E-state index is 0.613. The Bertz CT molecular complexity index is 981. The molecule has 0 radical (unpaired) electrons. The molecule has 0 saturated carbocycles. The molecular formula is C23H26N4S. The minimum Gasteiger partial charge on any atom is -0.361 e. The van der Waals surface area contributed by atoms with Crippen LogP contribution in [0.15, 0.2) is 54.7 Å². The van der Waals surface area contributed by atoms with Gasteiger partial charge in [-0.05, 0) is 92.8 Å². The molecule has 0 amide bonds. The number of fused-ring (bicyclic) bond motifs is 2. The van der Waals surface area contributed by atoms with Gasteiger partial charge in [0.25, 0.3) is 0 Å². The van der Waals surface area contributed by atoms with Crippen molar-refractivity contribution in [3.8, 4) is 0 Å². The van der Waals surface area contributed by atoms with Gasteiger partial charge in [-0.15, -0.1) is 0 Å². The lowest BCUT2D eigenvalue weighted by Crippen LogP contribution is -2.37. The van der Waals surface area contributed by atoms with E-state index < -0.39 is 0 Å². The Balaban J connectivity index is 1.34. The predicted molar refractivity (Wildman–Crippen MR) is 121 cm³/mol. The number of aromatic nitrogens is 1. The Morgan fingerprint density at radius 1 is 1.00 bits per heavy atom. The van der Waals surface area contributed by atoms with Crippen LogP contribution >= 0.6 is 12.2 Å². The monoisotopic (exact) mass is 390 g/mol. The molecule has 2 saturated heterocycles. The average molecular weight is 391 g/mol. The number of anilines is 2. The lowest BCUT2D eigenvalue weighted by molar-refractivity contribution is 0.181. The molecule has 144 valence electrons. The van der Waals surface area contributed by atoms with Crippen molar-refractivity contribution >= 4 is 39.6 Å². The Kier molecular flexibility index (Phi) is 4.79. The lowest BCUT2D eigenvalue weighted by Gasteiger charge is -2.34. The molecular weight excluding hydrogens is 364 g/mol. The topological polar surface area (TPSA) is 43.1 Å². The van der Waals surface area contributed by atoms with E-state index in [1.54, 1.807) is 0 Å². The van der Waals surface area contributed by atoms with Crippen LogP contribution < -0.4 is 10.6 Å². The second kappa shape index (κ2) is 7.57. The molecule has 2 atom stereocenters. The highest BCUT2D eigenvalue weighted by molar-refractivity contribution is 7.80. The number of thiocarbonyl (C=S) groups is 1. The fourth-order valence-corrected chi connectivity index (χ4v) is 5.12. The summed E-state index contributed by atoms with van der Waals surface area (Å²) in [6, 6.07) is 17.3. The standard InChI is InChI=1S/C23H26N4S/c28-23(25-17-5-2-1-3-6-17)26-18-8-9-22-20(14-18)21(15-24-22)16-10-12-27-11-4-7-19(27)13-16/h1-3,5-6,8-9,14-16,19,24H,4,7,10-13H2,(H2,25,26,28). The van der Waals surface area contributed by atoms with Crippen molar-refractivity contribution in [2.45, 2.75) is 37.6 Å². The van der Waals surface area contributed by atoms with Crippen molar-refractivity contribution in [1.29, 1.82) is 0 Å². The van der Waals surface area contributed by atoms with Gasteiger partial charge >= 0.3 is 0 Å². The van der Waals surface area contributed by atoms with Gasteiger partial charge in [0.1, 0.15) is 0 Å². The van der Waals surface area contributed by atoms with Gasteiger partial charge < -0.3 is 20.5 Å². The van der Waals surface area contributed by atoms with E-state index in [0.29, 0.717) is 11.0 Å². The van der Waals surface area contributed by atoms with Crippen LogP contribution in [0.1, 0.15) is 37.2 Å². The quantitative estimate of drug-likeness (QED) is 0.530. The summed E-state index contributed by atoms with van der Waals surface area (Å²) in [5.74, 6) is 0.651. The summed E-state index contributed by atoms with van der Waals surface area (Å²) in [5.41, 5.74) is 4.69. The Labute approximate surface area is 171 Å². The van der Waals surface area contributed by atoms with Crippen LogP contribution in [0.5, 0.6) is 0 Å². The van der Waals surface area contributed by atoms with E-state index in [0.717, 1.165) is 17.4 Å². The van der Waals surface area contributed by atoms with Crippen LogP contribution in [0.3, 0.4) is 0 Å². The molecule has 5 heteroatoms. The van der Waals surface area contributed by atoms with E-state index in [4.69, 9.17) is 12.2 Å². The molecule has 5 rings (SSSR count). The van der Waals surface area contributed by atoms with Crippen molar-refractivity contribution in [2.75, 3.05) is 23.7 Å². The number of nitrogens with zero attached hydrogens (tertiary/aromatic N) is 1. The summed E-state index contributed by atoms with van der Waals surface area (Å²) in [6.07, 6.45) is 7.51. The summed E-state index contributed by atoms with van der Waals surface area (Å²) in [6.45, 7) is 2.54. The maximum Gasteiger partial charge on any atom is 0.175 e. The molecule has 4 nitrogen and oxygen atoms in total. The first-order valence-electron chi connectivity index (χ1n) is 10.2. The number of rotatable bonds is 3. The highest BCUT2D eigenvalue weighted by Gasteiger charge is 2.33. The number of piperidine rings is 1. The van der Waals surface area contributed by atoms with Crippen molar-refractivity contribution in [1.82, 2.24) is 9.88 Å². The average Bonchev–Trinajstić information content (AvgIpc) is 3.34. The maximum absolute atomic E-state index is 5.49. The number of hydrogen-bond acceptors (Lipinski definition) is 2. The zero-order valence-electron chi connectivity index (χ0n) is 15.9. The molecule has 1 aromatic heterocycles. The molecule has 2 aliphatic rings. The van der Waals surface area contributed by atoms with E-state index in [-0.39, 0.29) is 0 Å². The van der Waals surface area contributed by atoms with Crippen LogP contribution in [0.2, 0.25) is 0 Å². The fraction of sp³-hybridized carbons (Fsp3) is 0.348. The van der Waals surface area contributed by atoms with E-state index in [2.05, 4.69) is 44.9 Å². The summed E-state index contributed by atoms with van der Waals surface area (Å²) in [4.78, 5) is 6.16. The molecule has 3 N–H and O–H groups in total. The van der Waals surface area contributed by atoms with Gasteiger partial charge in [-0.25, -0.2) is 0 Å². The normalized spacial score (nSPS) is 22.1. The highest BCUT2D eigenvalue weighted by Crippen LogP contribution is 2.39. The van der Waals surface area contributed by atoms with Gasteiger partial charge in [-0.1, -0.05) is 18.2 Å². The van der Waals surface area contributed by atoms with Gasteiger partial charge in [0.2, 0.25) is 0 Å². The Hall–Kier alpha value is -2.37. The molecule has 0 spiro atoms. The summed E-state index contributed by atoms with van der Waals surface area (Å²) in [5, 5.41) is 8.52. The molecule has 0 bridgehead atoms. The van der Waals surface area contributed by atoms with Crippen LogP contribution in [0, 0.1) is 0 Å². The summed E-state index contributed by atoms with van der Waals surface area (Å²) in [7, 11) is 0. The first-order chi connectivity index (χ1) is 13.8. The first kappa shape index (κ1) is 17.7. The van der Waals surface area contributed by atoms with Crippen LogP contribution in [-0.4, -0.2) is 34.1 Å². The third-order valence-electron chi connectivity index (χ3n) is 6.26. The van der Waals surface area contributed by atoms with Gasteiger partial charge in [0.05, 0.1) is 0 Å². The lowest BCUT2D eigenvalue weighted by atomic mass is 9.85. The van der Waals surface area contributed by atoms with Gasteiger partial charge in [0, 0.05) is 34.5 Å². The molecule has 2 fully saturated rings. The molecule has 2 aromatic carbocycles. The second-order valence-corrected chi connectivity index (χ2v) is 8.41.